The molecule has 1 fully saturated rings. The quantitative estimate of drug-likeness (QED) is 0.289. The SMILES string of the molecule is CCN(CCC(C)(C)C(=O)O)c1nc(-c2cc(C)ccc2OCc2ccc(CN3CCOCC3)cc2C)cs1. The average Bonchev–Trinajstić information content (AvgIpc) is 3.39. The fourth-order valence-corrected chi connectivity index (χ4v) is 5.52. The topological polar surface area (TPSA) is 75.1 Å². The van der Waals surface area contributed by atoms with Crippen molar-refractivity contribution < 1.29 is 19.4 Å². The number of hydrogen-bond acceptors (Lipinski definition) is 7. The third-order valence-corrected chi connectivity index (χ3v) is 8.34. The van der Waals surface area contributed by atoms with Crippen molar-refractivity contribution in [3.63, 3.8) is 0 Å². The van der Waals surface area contributed by atoms with Gasteiger partial charge in [-0.15, -0.1) is 11.3 Å². The Labute approximate surface area is 236 Å². The maximum atomic E-state index is 11.5. The van der Waals surface area contributed by atoms with Crippen LogP contribution in [-0.2, 0) is 22.7 Å². The van der Waals surface area contributed by atoms with Gasteiger partial charge in [0.25, 0.3) is 0 Å². The fraction of sp³-hybridized carbons (Fsp3) is 0.484. The highest BCUT2D eigenvalue weighted by Gasteiger charge is 2.28. The van der Waals surface area contributed by atoms with Gasteiger partial charge in [-0.2, -0.15) is 0 Å². The first-order valence-corrected chi connectivity index (χ1v) is 14.6. The zero-order valence-electron chi connectivity index (χ0n) is 23.8. The predicted molar refractivity (Wildman–Crippen MR) is 158 cm³/mol. The lowest BCUT2D eigenvalue weighted by molar-refractivity contribution is -0.147. The molecule has 3 aromatic rings. The number of aromatic nitrogens is 1. The van der Waals surface area contributed by atoms with Crippen molar-refractivity contribution in [2.75, 3.05) is 44.3 Å². The standard InChI is InChI=1S/C31H41N3O4S/c1-6-34(12-11-31(4,5)29(35)36)30-32-27(21-39-30)26-17-22(2)7-10-28(26)38-20-25-9-8-24(18-23(25)3)19-33-13-15-37-16-14-33/h7-10,17-18,21H,6,11-16,19-20H2,1-5H3,(H,35,36). The average molecular weight is 552 g/mol. The Morgan fingerprint density at radius 2 is 1.95 bits per heavy atom. The Morgan fingerprint density at radius 3 is 2.64 bits per heavy atom. The van der Waals surface area contributed by atoms with Crippen LogP contribution in [0.5, 0.6) is 5.75 Å². The lowest BCUT2D eigenvalue weighted by Crippen LogP contribution is -2.35. The van der Waals surface area contributed by atoms with E-state index in [9.17, 15) is 9.90 Å². The molecule has 0 atom stereocenters. The van der Waals surface area contributed by atoms with Gasteiger partial charge in [0.05, 0.1) is 24.3 Å². The number of anilines is 1. The maximum absolute atomic E-state index is 11.5. The minimum Gasteiger partial charge on any atom is -0.488 e. The number of aliphatic carboxylic acids is 1. The van der Waals surface area contributed by atoms with E-state index < -0.39 is 11.4 Å². The second-order valence-electron chi connectivity index (χ2n) is 11.0. The van der Waals surface area contributed by atoms with Crippen molar-refractivity contribution in [1.82, 2.24) is 9.88 Å². The number of carbonyl (C=O) groups is 1. The van der Waals surface area contributed by atoms with Gasteiger partial charge in [-0.05, 0) is 69.9 Å². The monoisotopic (exact) mass is 551 g/mol. The van der Waals surface area contributed by atoms with Gasteiger partial charge in [0.2, 0.25) is 0 Å². The lowest BCUT2D eigenvalue weighted by Gasteiger charge is -2.26. The third kappa shape index (κ3) is 7.59. The molecular formula is C31H41N3O4S. The summed E-state index contributed by atoms with van der Waals surface area (Å²) in [5.74, 6) is 0.0335. The Bertz CT molecular complexity index is 1270. The van der Waals surface area contributed by atoms with E-state index in [1.165, 1.54) is 16.7 Å². The van der Waals surface area contributed by atoms with Crippen molar-refractivity contribution in [3.8, 4) is 17.0 Å². The number of hydrogen-bond donors (Lipinski definition) is 1. The predicted octanol–water partition coefficient (Wildman–Crippen LogP) is 6.17. The van der Waals surface area contributed by atoms with Gasteiger partial charge in [0.1, 0.15) is 12.4 Å². The molecule has 2 heterocycles. The maximum Gasteiger partial charge on any atom is 0.309 e. The number of carboxylic acids is 1. The molecule has 0 bridgehead atoms. The largest absolute Gasteiger partial charge is 0.488 e. The van der Waals surface area contributed by atoms with E-state index in [1.54, 1.807) is 25.2 Å². The summed E-state index contributed by atoms with van der Waals surface area (Å²) in [6.07, 6.45) is 0.550. The molecule has 1 aliphatic heterocycles. The van der Waals surface area contributed by atoms with Crippen molar-refractivity contribution in [2.24, 2.45) is 5.41 Å². The smallest absolute Gasteiger partial charge is 0.309 e. The van der Waals surface area contributed by atoms with Gasteiger partial charge in [-0.1, -0.05) is 29.8 Å². The highest BCUT2D eigenvalue weighted by atomic mass is 32.1. The van der Waals surface area contributed by atoms with Gasteiger partial charge < -0.3 is 19.5 Å². The summed E-state index contributed by atoms with van der Waals surface area (Å²) in [6.45, 7) is 16.3. The van der Waals surface area contributed by atoms with Crippen LogP contribution in [0.2, 0.25) is 0 Å². The lowest BCUT2D eigenvalue weighted by atomic mass is 9.89. The molecule has 1 aromatic heterocycles. The molecule has 39 heavy (non-hydrogen) atoms. The number of rotatable bonds is 12. The van der Waals surface area contributed by atoms with Crippen LogP contribution >= 0.6 is 11.3 Å². The normalized spacial score (nSPS) is 14.4. The number of carboxylic acid groups (broad SMARTS) is 1. The molecule has 1 aliphatic rings. The molecule has 1 saturated heterocycles. The van der Waals surface area contributed by atoms with E-state index in [2.05, 4.69) is 66.3 Å². The number of nitrogens with zero attached hydrogens (tertiary/aromatic N) is 3. The summed E-state index contributed by atoms with van der Waals surface area (Å²) in [6, 6.07) is 12.9. The molecule has 2 aromatic carbocycles. The Balaban J connectivity index is 1.45. The van der Waals surface area contributed by atoms with E-state index in [-0.39, 0.29) is 0 Å². The molecule has 0 unspecified atom stereocenters. The van der Waals surface area contributed by atoms with Crippen molar-refractivity contribution in [2.45, 2.75) is 54.2 Å². The summed E-state index contributed by atoms with van der Waals surface area (Å²) in [4.78, 5) is 21.1. The summed E-state index contributed by atoms with van der Waals surface area (Å²) in [5, 5.41) is 12.4. The van der Waals surface area contributed by atoms with Crippen LogP contribution in [0.25, 0.3) is 11.3 Å². The molecule has 0 aliphatic carbocycles. The number of ether oxygens (including phenoxy) is 2. The molecule has 4 rings (SSSR count). The first-order valence-electron chi connectivity index (χ1n) is 13.7. The van der Waals surface area contributed by atoms with E-state index in [4.69, 9.17) is 14.5 Å². The molecule has 0 saturated carbocycles. The number of thiazole rings is 1. The molecule has 8 heteroatoms. The Kier molecular flexibility index (Phi) is 9.64. The van der Waals surface area contributed by atoms with Gasteiger partial charge in [-0.25, -0.2) is 4.98 Å². The number of morpholine rings is 1. The summed E-state index contributed by atoms with van der Waals surface area (Å²) in [5.41, 5.74) is 5.94. The second-order valence-corrected chi connectivity index (χ2v) is 11.8. The Morgan fingerprint density at radius 1 is 1.18 bits per heavy atom. The highest BCUT2D eigenvalue weighted by molar-refractivity contribution is 7.14. The van der Waals surface area contributed by atoms with Gasteiger partial charge in [0.15, 0.2) is 5.13 Å². The van der Waals surface area contributed by atoms with Crippen LogP contribution in [0, 0.1) is 19.3 Å². The van der Waals surface area contributed by atoms with Crippen LogP contribution in [0.1, 0.15) is 49.4 Å². The minimum atomic E-state index is -0.776. The molecular weight excluding hydrogens is 510 g/mol. The molecule has 0 spiro atoms. The first-order chi connectivity index (χ1) is 18.7. The van der Waals surface area contributed by atoms with Crippen molar-refractivity contribution in [3.05, 3.63) is 64.0 Å². The van der Waals surface area contributed by atoms with Crippen LogP contribution in [-0.4, -0.2) is 60.4 Å². The third-order valence-electron chi connectivity index (χ3n) is 7.44. The van der Waals surface area contributed by atoms with E-state index in [1.807, 2.05) is 6.07 Å². The second kappa shape index (κ2) is 12.9. The fourth-order valence-electron chi connectivity index (χ4n) is 4.60. The molecule has 210 valence electrons. The van der Waals surface area contributed by atoms with Crippen LogP contribution < -0.4 is 9.64 Å². The zero-order chi connectivity index (χ0) is 28.0. The first kappa shape index (κ1) is 29.1. The van der Waals surface area contributed by atoms with Gasteiger partial charge in [-0.3, -0.25) is 9.69 Å². The molecule has 0 radical (unpaired) electrons. The molecule has 7 nitrogen and oxygen atoms in total. The van der Waals surface area contributed by atoms with E-state index in [0.717, 1.165) is 67.1 Å². The minimum absolute atomic E-state index is 0.488. The summed E-state index contributed by atoms with van der Waals surface area (Å²) in [7, 11) is 0. The van der Waals surface area contributed by atoms with Gasteiger partial charge >= 0.3 is 5.97 Å². The van der Waals surface area contributed by atoms with Crippen LogP contribution in [0.4, 0.5) is 5.13 Å². The molecule has 1 N–H and O–H groups in total. The van der Waals surface area contributed by atoms with Crippen molar-refractivity contribution >= 4 is 22.4 Å². The van der Waals surface area contributed by atoms with Crippen LogP contribution in [0.15, 0.2) is 41.8 Å². The molecule has 0 amide bonds. The zero-order valence-corrected chi connectivity index (χ0v) is 24.6. The highest BCUT2D eigenvalue weighted by Crippen LogP contribution is 2.35. The summed E-state index contributed by atoms with van der Waals surface area (Å²) >= 11 is 1.58. The number of aryl methyl sites for hydroxylation is 2. The summed E-state index contributed by atoms with van der Waals surface area (Å²) < 4.78 is 11.8. The van der Waals surface area contributed by atoms with Crippen LogP contribution in [0.3, 0.4) is 0 Å². The van der Waals surface area contributed by atoms with E-state index >= 15 is 0 Å². The van der Waals surface area contributed by atoms with Crippen molar-refractivity contribution in [1.29, 1.82) is 0 Å². The van der Waals surface area contributed by atoms with Gasteiger partial charge in [0, 0.05) is 43.7 Å². The Hall–Kier alpha value is -2.94. The number of benzene rings is 2. The van der Waals surface area contributed by atoms with E-state index in [0.29, 0.717) is 19.6 Å².